The summed E-state index contributed by atoms with van der Waals surface area (Å²) in [5.41, 5.74) is 1.07. The number of rotatable bonds is 3. The number of hydrogen-bond donors (Lipinski definition) is 0. The highest BCUT2D eigenvalue weighted by Gasteiger charge is 2.39. The molecule has 0 spiro atoms. The fourth-order valence-corrected chi connectivity index (χ4v) is 2.77. The standard InChI is InChI=1S/C15H21NO2/c1-12-9-13(11-16-10-12)14(17)15(18-2)7-5-3-4-6-8-15/h9-11H,3-8H2,1-2H3. The first kappa shape index (κ1) is 13.2. The molecule has 0 N–H and O–H groups in total. The Kier molecular flexibility index (Phi) is 4.12. The first-order valence-corrected chi connectivity index (χ1v) is 6.69. The van der Waals surface area contributed by atoms with E-state index in [1.807, 2.05) is 13.0 Å². The highest BCUT2D eigenvalue weighted by molar-refractivity contribution is 6.02. The van der Waals surface area contributed by atoms with Crippen LogP contribution in [0.3, 0.4) is 0 Å². The van der Waals surface area contributed by atoms with Crippen LogP contribution in [0.5, 0.6) is 0 Å². The number of aryl methyl sites for hydroxylation is 1. The number of carbonyl (C=O) groups is 1. The van der Waals surface area contributed by atoms with E-state index in [-0.39, 0.29) is 5.78 Å². The molecule has 98 valence electrons. The second kappa shape index (κ2) is 5.61. The molecule has 0 unspecified atom stereocenters. The van der Waals surface area contributed by atoms with Crippen molar-refractivity contribution in [2.75, 3.05) is 7.11 Å². The maximum atomic E-state index is 12.7. The van der Waals surface area contributed by atoms with Crippen LogP contribution >= 0.6 is 0 Å². The first-order valence-electron chi connectivity index (χ1n) is 6.69. The second-order valence-electron chi connectivity index (χ2n) is 5.19. The number of ketones is 1. The molecule has 2 rings (SSSR count). The normalized spacial score (nSPS) is 19.2. The van der Waals surface area contributed by atoms with E-state index in [1.54, 1.807) is 19.5 Å². The fourth-order valence-electron chi connectivity index (χ4n) is 2.77. The van der Waals surface area contributed by atoms with Crippen molar-refractivity contribution < 1.29 is 9.53 Å². The molecule has 1 aliphatic carbocycles. The highest BCUT2D eigenvalue weighted by Crippen LogP contribution is 2.33. The largest absolute Gasteiger partial charge is 0.370 e. The van der Waals surface area contributed by atoms with Crippen molar-refractivity contribution in [3.63, 3.8) is 0 Å². The Bertz CT molecular complexity index is 420. The van der Waals surface area contributed by atoms with Crippen molar-refractivity contribution in [2.45, 2.75) is 51.0 Å². The third-order valence-corrected chi connectivity index (χ3v) is 3.85. The molecular formula is C15H21NO2. The molecule has 1 aromatic rings. The molecule has 1 aromatic heterocycles. The Labute approximate surface area is 109 Å². The van der Waals surface area contributed by atoms with Gasteiger partial charge in [-0.05, 0) is 31.4 Å². The summed E-state index contributed by atoms with van der Waals surface area (Å²) in [4.78, 5) is 16.8. The van der Waals surface area contributed by atoms with Gasteiger partial charge in [0.2, 0.25) is 0 Å². The summed E-state index contributed by atoms with van der Waals surface area (Å²) in [5.74, 6) is 0.100. The van der Waals surface area contributed by atoms with Gasteiger partial charge in [0, 0.05) is 25.1 Å². The van der Waals surface area contributed by atoms with Gasteiger partial charge >= 0.3 is 0 Å². The average molecular weight is 247 g/mol. The van der Waals surface area contributed by atoms with Gasteiger partial charge in [-0.15, -0.1) is 0 Å². The summed E-state index contributed by atoms with van der Waals surface area (Å²) in [5, 5.41) is 0. The topological polar surface area (TPSA) is 39.2 Å². The van der Waals surface area contributed by atoms with Crippen LogP contribution in [0.25, 0.3) is 0 Å². The molecule has 1 saturated carbocycles. The highest BCUT2D eigenvalue weighted by atomic mass is 16.5. The minimum Gasteiger partial charge on any atom is -0.370 e. The van der Waals surface area contributed by atoms with Crippen molar-refractivity contribution in [3.05, 3.63) is 29.6 Å². The lowest BCUT2D eigenvalue weighted by atomic mass is 9.86. The summed E-state index contributed by atoms with van der Waals surface area (Å²) < 4.78 is 5.64. The predicted octanol–water partition coefficient (Wildman–Crippen LogP) is 3.31. The van der Waals surface area contributed by atoms with E-state index in [2.05, 4.69) is 4.98 Å². The van der Waals surface area contributed by atoms with Crippen LogP contribution < -0.4 is 0 Å². The van der Waals surface area contributed by atoms with Gasteiger partial charge in [0.15, 0.2) is 5.78 Å². The van der Waals surface area contributed by atoms with Gasteiger partial charge < -0.3 is 4.74 Å². The number of methoxy groups -OCH3 is 1. The molecule has 0 atom stereocenters. The molecule has 0 amide bonds. The van der Waals surface area contributed by atoms with E-state index in [9.17, 15) is 4.79 Å². The first-order chi connectivity index (χ1) is 8.68. The van der Waals surface area contributed by atoms with Gasteiger partial charge in [-0.1, -0.05) is 25.7 Å². The minimum atomic E-state index is -0.619. The van der Waals surface area contributed by atoms with Crippen molar-refractivity contribution in [1.82, 2.24) is 4.98 Å². The molecule has 1 aliphatic rings. The van der Waals surface area contributed by atoms with Crippen LogP contribution in [-0.2, 0) is 4.74 Å². The van der Waals surface area contributed by atoms with E-state index < -0.39 is 5.60 Å². The lowest BCUT2D eigenvalue weighted by Gasteiger charge is -2.29. The monoisotopic (exact) mass is 247 g/mol. The molecule has 0 saturated heterocycles. The van der Waals surface area contributed by atoms with Crippen LogP contribution in [0.15, 0.2) is 18.5 Å². The Morgan fingerprint density at radius 3 is 2.44 bits per heavy atom. The van der Waals surface area contributed by atoms with Crippen LogP contribution in [0, 0.1) is 6.92 Å². The summed E-state index contributed by atoms with van der Waals surface area (Å²) in [7, 11) is 1.66. The van der Waals surface area contributed by atoms with Gasteiger partial charge in [0.25, 0.3) is 0 Å². The van der Waals surface area contributed by atoms with Crippen molar-refractivity contribution in [1.29, 1.82) is 0 Å². The minimum absolute atomic E-state index is 0.100. The van der Waals surface area contributed by atoms with Crippen LogP contribution in [-0.4, -0.2) is 23.5 Å². The van der Waals surface area contributed by atoms with E-state index >= 15 is 0 Å². The fraction of sp³-hybridized carbons (Fsp3) is 0.600. The molecule has 18 heavy (non-hydrogen) atoms. The predicted molar refractivity (Wildman–Crippen MR) is 70.7 cm³/mol. The molecule has 0 bridgehead atoms. The molecular weight excluding hydrogens is 226 g/mol. The zero-order valence-corrected chi connectivity index (χ0v) is 11.2. The molecule has 0 radical (unpaired) electrons. The number of aromatic nitrogens is 1. The van der Waals surface area contributed by atoms with Crippen LogP contribution in [0.4, 0.5) is 0 Å². The zero-order valence-electron chi connectivity index (χ0n) is 11.2. The Morgan fingerprint density at radius 1 is 1.22 bits per heavy atom. The molecule has 0 aliphatic heterocycles. The Morgan fingerprint density at radius 2 is 1.89 bits per heavy atom. The van der Waals surface area contributed by atoms with E-state index in [1.165, 1.54) is 12.8 Å². The van der Waals surface area contributed by atoms with Crippen molar-refractivity contribution >= 4 is 5.78 Å². The lowest BCUT2D eigenvalue weighted by molar-refractivity contribution is -0.00695. The summed E-state index contributed by atoms with van der Waals surface area (Å²) in [6.45, 7) is 1.95. The Balaban J connectivity index is 2.28. The Hall–Kier alpha value is -1.22. The number of pyridine rings is 1. The molecule has 0 aromatic carbocycles. The van der Waals surface area contributed by atoms with E-state index in [0.717, 1.165) is 31.2 Å². The van der Waals surface area contributed by atoms with Gasteiger partial charge in [-0.2, -0.15) is 0 Å². The quantitative estimate of drug-likeness (QED) is 0.607. The van der Waals surface area contributed by atoms with Crippen LogP contribution in [0.1, 0.15) is 54.4 Å². The van der Waals surface area contributed by atoms with Gasteiger partial charge in [-0.25, -0.2) is 0 Å². The van der Waals surface area contributed by atoms with Crippen LogP contribution in [0.2, 0.25) is 0 Å². The molecule has 1 fully saturated rings. The lowest BCUT2D eigenvalue weighted by Crippen LogP contribution is -2.40. The van der Waals surface area contributed by atoms with Crippen molar-refractivity contribution in [3.8, 4) is 0 Å². The van der Waals surface area contributed by atoms with Gasteiger partial charge in [0.1, 0.15) is 5.60 Å². The van der Waals surface area contributed by atoms with Gasteiger partial charge in [-0.3, -0.25) is 9.78 Å². The average Bonchev–Trinajstić information content (AvgIpc) is 2.64. The molecule has 1 heterocycles. The third kappa shape index (κ3) is 2.61. The summed E-state index contributed by atoms with van der Waals surface area (Å²) >= 11 is 0. The number of ether oxygens (including phenoxy) is 1. The second-order valence-corrected chi connectivity index (χ2v) is 5.19. The number of nitrogens with zero attached hydrogens (tertiary/aromatic N) is 1. The number of carbonyl (C=O) groups excluding carboxylic acids is 1. The number of Topliss-reactive ketones (excluding diaryl/α,β-unsaturated/α-hetero) is 1. The van der Waals surface area contributed by atoms with Crippen molar-refractivity contribution in [2.24, 2.45) is 0 Å². The SMILES string of the molecule is COC1(C(=O)c2cncc(C)c2)CCCCCC1. The summed E-state index contributed by atoms with van der Waals surface area (Å²) in [6, 6.07) is 1.90. The molecule has 3 heteroatoms. The molecule has 3 nitrogen and oxygen atoms in total. The maximum Gasteiger partial charge on any atom is 0.196 e. The smallest absolute Gasteiger partial charge is 0.196 e. The third-order valence-electron chi connectivity index (χ3n) is 3.85. The van der Waals surface area contributed by atoms with E-state index in [4.69, 9.17) is 4.74 Å². The van der Waals surface area contributed by atoms with E-state index in [0.29, 0.717) is 5.56 Å². The number of hydrogen-bond acceptors (Lipinski definition) is 3. The van der Waals surface area contributed by atoms with Gasteiger partial charge in [0.05, 0.1) is 0 Å². The zero-order chi connectivity index (χ0) is 13.0. The summed E-state index contributed by atoms with van der Waals surface area (Å²) in [6.07, 6.45) is 9.61. The maximum absolute atomic E-state index is 12.7.